The molecule has 4 nitrogen and oxygen atoms in total. The van der Waals surface area contributed by atoms with E-state index in [4.69, 9.17) is 14.2 Å². The van der Waals surface area contributed by atoms with Gasteiger partial charge in [-0.25, -0.2) is 4.79 Å². The van der Waals surface area contributed by atoms with Crippen molar-refractivity contribution in [1.29, 1.82) is 0 Å². The Labute approximate surface area is 123 Å². The lowest BCUT2D eigenvalue weighted by atomic mass is 10.1. The molecule has 2 aromatic rings. The predicted octanol–water partition coefficient (Wildman–Crippen LogP) is 3.20. The summed E-state index contributed by atoms with van der Waals surface area (Å²) in [4.78, 5) is 12.0. The number of aryl methyl sites for hydroxylation is 1. The van der Waals surface area contributed by atoms with Crippen LogP contribution < -0.4 is 9.47 Å². The van der Waals surface area contributed by atoms with Gasteiger partial charge in [0.15, 0.2) is 0 Å². The molecule has 0 radical (unpaired) electrons. The fourth-order valence-corrected chi connectivity index (χ4v) is 2.30. The zero-order chi connectivity index (χ0) is 14.7. The van der Waals surface area contributed by atoms with Gasteiger partial charge >= 0.3 is 5.97 Å². The van der Waals surface area contributed by atoms with Crippen LogP contribution in [0, 0.1) is 0 Å². The van der Waals surface area contributed by atoms with Gasteiger partial charge in [0.05, 0.1) is 12.7 Å². The predicted molar refractivity (Wildman–Crippen MR) is 77.6 cm³/mol. The number of ether oxygens (including phenoxy) is 3. The molecule has 0 aliphatic carbocycles. The molecule has 0 saturated carbocycles. The lowest BCUT2D eigenvalue weighted by Crippen LogP contribution is -2.28. The van der Waals surface area contributed by atoms with Gasteiger partial charge in [0.1, 0.15) is 11.5 Å². The first-order chi connectivity index (χ1) is 10.3. The summed E-state index contributed by atoms with van der Waals surface area (Å²) in [7, 11) is 1.61. The van der Waals surface area contributed by atoms with E-state index in [0.717, 1.165) is 17.7 Å². The lowest BCUT2D eigenvalue weighted by Gasteiger charge is -2.26. The molecule has 4 heteroatoms. The van der Waals surface area contributed by atoms with Crippen LogP contribution in [0.3, 0.4) is 0 Å². The molecule has 0 saturated heterocycles. The fraction of sp³-hybridized carbons (Fsp3) is 0.235. The van der Waals surface area contributed by atoms with Crippen molar-refractivity contribution in [2.45, 2.75) is 19.1 Å². The van der Waals surface area contributed by atoms with Crippen LogP contribution in [0.5, 0.6) is 11.5 Å². The maximum Gasteiger partial charge on any atom is 0.341 e. The second-order valence-electron chi connectivity index (χ2n) is 4.83. The Kier molecular flexibility index (Phi) is 3.77. The number of hydrogen-bond donors (Lipinski definition) is 0. The van der Waals surface area contributed by atoms with Crippen LogP contribution in [0.2, 0.25) is 0 Å². The van der Waals surface area contributed by atoms with E-state index in [1.807, 2.05) is 24.3 Å². The molecule has 21 heavy (non-hydrogen) atoms. The average molecular weight is 284 g/mol. The summed E-state index contributed by atoms with van der Waals surface area (Å²) >= 11 is 0. The molecule has 1 aliphatic rings. The Bertz CT molecular complexity index is 636. The van der Waals surface area contributed by atoms with Crippen LogP contribution in [0.15, 0.2) is 48.5 Å². The Morgan fingerprint density at radius 1 is 1.19 bits per heavy atom. The fourth-order valence-electron chi connectivity index (χ4n) is 2.30. The Morgan fingerprint density at radius 2 is 2.00 bits per heavy atom. The van der Waals surface area contributed by atoms with Gasteiger partial charge in [-0.3, -0.25) is 0 Å². The van der Waals surface area contributed by atoms with E-state index in [1.54, 1.807) is 31.4 Å². The number of benzene rings is 2. The second-order valence-corrected chi connectivity index (χ2v) is 4.83. The zero-order valence-corrected chi connectivity index (χ0v) is 11.7. The molecular weight excluding hydrogens is 268 g/mol. The summed E-state index contributed by atoms with van der Waals surface area (Å²) in [6, 6.07) is 14.6. The molecule has 0 aromatic heterocycles. The minimum Gasteiger partial charge on any atom is -0.497 e. The minimum atomic E-state index is -0.558. The van der Waals surface area contributed by atoms with Crippen molar-refractivity contribution in [3.05, 3.63) is 59.7 Å². The van der Waals surface area contributed by atoms with Crippen LogP contribution in [-0.2, 0) is 11.2 Å². The third kappa shape index (κ3) is 2.99. The molecule has 1 aliphatic heterocycles. The van der Waals surface area contributed by atoms with Crippen LogP contribution in [-0.4, -0.2) is 19.4 Å². The molecule has 0 spiro atoms. The highest BCUT2D eigenvalue weighted by Crippen LogP contribution is 2.31. The van der Waals surface area contributed by atoms with Gasteiger partial charge in [0.2, 0.25) is 6.29 Å². The largest absolute Gasteiger partial charge is 0.497 e. The van der Waals surface area contributed by atoms with E-state index in [0.29, 0.717) is 17.7 Å². The van der Waals surface area contributed by atoms with Crippen molar-refractivity contribution in [1.82, 2.24) is 0 Å². The molecular formula is C17H16O4. The summed E-state index contributed by atoms with van der Waals surface area (Å²) < 4.78 is 16.3. The van der Waals surface area contributed by atoms with Gasteiger partial charge in [-0.15, -0.1) is 0 Å². The van der Waals surface area contributed by atoms with Crippen LogP contribution in [0.25, 0.3) is 0 Å². The molecule has 108 valence electrons. The van der Waals surface area contributed by atoms with Crippen LogP contribution >= 0.6 is 0 Å². The van der Waals surface area contributed by atoms with Gasteiger partial charge in [0.25, 0.3) is 0 Å². The number of carbonyl (C=O) groups is 1. The third-order valence-electron chi connectivity index (χ3n) is 3.43. The topological polar surface area (TPSA) is 44.8 Å². The lowest BCUT2D eigenvalue weighted by molar-refractivity contribution is -0.0582. The smallest absolute Gasteiger partial charge is 0.341 e. The monoisotopic (exact) mass is 284 g/mol. The number of hydrogen-bond acceptors (Lipinski definition) is 4. The Hall–Kier alpha value is -2.49. The summed E-state index contributed by atoms with van der Waals surface area (Å²) in [5.74, 6) is 1.07. The van der Waals surface area contributed by atoms with E-state index in [9.17, 15) is 4.79 Å². The van der Waals surface area contributed by atoms with E-state index in [-0.39, 0.29) is 5.97 Å². The second kappa shape index (κ2) is 5.87. The van der Waals surface area contributed by atoms with Crippen molar-refractivity contribution < 1.29 is 19.0 Å². The SMILES string of the molecule is COc1ccc2c(c1)OC(OC(=O)c1ccccc1)CC2. The first-order valence-electron chi connectivity index (χ1n) is 6.86. The number of fused-ring (bicyclic) bond motifs is 1. The summed E-state index contributed by atoms with van der Waals surface area (Å²) in [5, 5.41) is 0. The molecule has 0 amide bonds. The van der Waals surface area contributed by atoms with E-state index >= 15 is 0 Å². The van der Waals surface area contributed by atoms with Gasteiger partial charge < -0.3 is 14.2 Å². The highest BCUT2D eigenvalue weighted by Gasteiger charge is 2.23. The minimum absolute atomic E-state index is 0.369. The molecule has 1 unspecified atom stereocenters. The number of carbonyl (C=O) groups excluding carboxylic acids is 1. The standard InChI is InChI=1S/C17H16O4/c1-19-14-9-7-12-8-10-16(20-15(12)11-14)21-17(18)13-5-3-2-4-6-13/h2-7,9,11,16H,8,10H2,1H3. The van der Waals surface area contributed by atoms with Gasteiger partial charge in [-0.1, -0.05) is 24.3 Å². The molecule has 0 fully saturated rings. The zero-order valence-electron chi connectivity index (χ0n) is 11.7. The van der Waals surface area contributed by atoms with E-state index < -0.39 is 6.29 Å². The van der Waals surface area contributed by atoms with E-state index in [1.165, 1.54) is 0 Å². The highest BCUT2D eigenvalue weighted by molar-refractivity contribution is 5.89. The normalized spacial score (nSPS) is 16.5. The maximum absolute atomic E-state index is 12.0. The van der Waals surface area contributed by atoms with Gasteiger partial charge in [-0.2, -0.15) is 0 Å². The summed E-state index contributed by atoms with van der Waals surface area (Å²) in [5.41, 5.74) is 1.63. The number of esters is 1. The highest BCUT2D eigenvalue weighted by atomic mass is 16.7. The summed E-state index contributed by atoms with van der Waals surface area (Å²) in [6.45, 7) is 0. The van der Waals surface area contributed by atoms with Crippen molar-refractivity contribution in [3.8, 4) is 11.5 Å². The molecule has 3 rings (SSSR count). The molecule has 1 heterocycles. The molecule has 0 bridgehead atoms. The number of rotatable bonds is 3. The van der Waals surface area contributed by atoms with Crippen molar-refractivity contribution in [2.75, 3.05) is 7.11 Å². The van der Waals surface area contributed by atoms with Gasteiger partial charge in [-0.05, 0) is 30.2 Å². The van der Waals surface area contributed by atoms with Crippen molar-refractivity contribution >= 4 is 5.97 Å². The quantitative estimate of drug-likeness (QED) is 0.812. The van der Waals surface area contributed by atoms with Crippen LogP contribution in [0.1, 0.15) is 22.3 Å². The first kappa shape index (κ1) is 13.5. The number of methoxy groups -OCH3 is 1. The maximum atomic E-state index is 12.0. The Balaban J connectivity index is 1.70. The average Bonchev–Trinajstić information content (AvgIpc) is 2.55. The summed E-state index contributed by atoms with van der Waals surface area (Å²) in [6.07, 6.45) is 0.904. The molecule has 0 N–H and O–H groups in total. The van der Waals surface area contributed by atoms with Crippen molar-refractivity contribution in [3.63, 3.8) is 0 Å². The third-order valence-corrected chi connectivity index (χ3v) is 3.43. The first-order valence-corrected chi connectivity index (χ1v) is 6.86. The van der Waals surface area contributed by atoms with Crippen molar-refractivity contribution in [2.24, 2.45) is 0 Å². The van der Waals surface area contributed by atoms with E-state index in [2.05, 4.69) is 0 Å². The van der Waals surface area contributed by atoms with Crippen LogP contribution in [0.4, 0.5) is 0 Å². The molecule has 1 atom stereocenters. The Morgan fingerprint density at radius 3 is 2.76 bits per heavy atom. The molecule has 2 aromatic carbocycles. The van der Waals surface area contributed by atoms with Gasteiger partial charge in [0, 0.05) is 12.5 Å².